The molecule has 14 heteroatoms. The first-order valence-electron chi connectivity index (χ1n) is 17.6. The summed E-state index contributed by atoms with van der Waals surface area (Å²) in [4.78, 5) is 82.7. The van der Waals surface area contributed by atoms with Gasteiger partial charge in [0.25, 0.3) is 0 Å². The van der Waals surface area contributed by atoms with E-state index < -0.39 is 100 Å². The van der Waals surface area contributed by atoms with Crippen LogP contribution in [-0.4, -0.2) is 78.0 Å². The van der Waals surface area contributed by atoms with Gasteiger partial charge in [-0.2, -0.15) is 0 Å². The Balaban J connectivity index is 3.02. The van der Waals surface area contributed by atoms with Gasteiger partial charge in [-0.1, -0.05) is 12.1 Å². The molecule has 1 fully saturated rings. The van der Waals surface area contributed by atoms with E-state index in [9.17, 15) is 28.8 Å². The van der Waals surface area contributed by atoms with E-state index in [2.05, 4.69) is 27.9 Å². The second-order valence-corrected chi connectivity index (χ2v) is 19.8. The van der Waals surface area contributed by atoms with Crippen LogP contribution in [0.3, 0.4) is 0 Å². The van der Waals surface area contributed by atoms with Crippen molar-refractivity contribution < 1.29 is 52.5 Å². The predicted molar refractivity (Wildman–Crippen MR) is 204 cm³/mol. The van der Waals surface area contributed by atoms with E-state index in [0.717, 1.165) is 8.47 Å². The molecule has 1 aromatic carbocycles. The van der Waals surface area contributed by atoms with Gasteiger partial charge in [-0.05, 0) is 144 Å². The Hall–Kier alpha value is -3.27. The average molecular weight is 859 g/mol. The van der Waals surface area contributed by atoms with E-state index in [4.69, 9.17) is 23.7 Å². The predicted octanol–water partition coefficient (Wildman–Crippen LogP) is 6.10. The summed E-state index contributed by atoms with van der Waals surface area (Å²) < 4.78 is 31.2. The van der Waals surface area contributed by atoms with E-state index in [1.54, 1.807) is 122 Å². The number of amides is 2. The van der Waals surface area contributed by atoms with Gasteiger partial charge < -0.3 is 29.0 Å². The number of nitrogens with zero attached hydrogens (tertiary/aromatic N) is 1. The molecular formula is C39H59IN2O11. The number of hydrogen-bond acceptors (Lipinski definition) is 11. The molecule has 0 aliphatic carbocycles. The molecule has 13 nitrogen and oxygen atoms in total. The highest BCUT2D eigenvalue weighted by Crippen LogP contribution is 2.39. The molecule has 1 N–H and O–H groups in total. The van der Waals surface area contributed by atoms with Crippen molar-refractivity contribution in [1.29, 1.82) is 0 Å². The summed E-state index contributed by atoms with van der Waals surface area (Å²) in [5.74, 6) is -4.68. The van der Waals surface area contributed by atoms with Crippen LogP contribution in [0.5, 0.6) is 0 Å². The summed E-state index contributed by atoms with van der Waals surface area (Å²) in [5.41, 5.74) is -4.54. The molecular weight excluding hydrogens is 799 g/mol. The van der Waals surface area contributed by atoms with Crippen LogP contribution in [0.15, 0.2) is 24.3 Å². The normalized spacial score (nSPS) is 21.8. The topological polar surface area (TPSA) is 164 Å². The number of nitrogens with one attached hydrogen (secondary N) is 1. The summed E-state index contributed by atoms with van der Waals surface area (Å²) in [7, 11) is 0. The molecule has 298 valence electrons. The van der Waals surface area contributed by atoms with Gasteiger partial charge in [0.15, 0.2) is 18.4 Å². The maximum atomic E-state index is 14.2. The third-order valence-electron chi connectivity index (χ3n) is 7.84. The maximum absolute atomic E-state index is 14.2. The van der Waals surface area contributed by atoms with Crippen LogP contribution in [0, 0.1) is 31.1 Å². The minimum absolute atomic E-state index is 0.376. The van der Waals surface area contributed by atoms with Gasteiger partial charge >= 0.3 is 23.9 Å². The number of rotatable bonds is 10. The fourth-order valence-corrected chi connectivity index (χ4v) is 5.36. The molecule has 0 aromatic heterocycles. The first-order valence-corrected chi connectivity index (χ1v) is 18.7. The summed E-state index contributed by atoms with van der Waals surface area (Å²) in [6, 6.07) is 5.53. The number of carbonyl (C=O) groups excluding carboxylic acids is 6. The zero-order valence-electron chi connectivity index (χ0n) is 33.9. The first-order chi connectivity index (χ1) is 23.9. The Morgan fingerprint density at radius 1 is 0.755 bits per heavy atom. The van der Waals surface area contributed by atoms with Crippen molar-refractivity contribution in [3.05, 3.63) is 33.4 Å². The van der Waals surface area contributed by atoms with Gasteiger partial charge in [-0.3, -0.25) is 33.7 Å². The molecule has 0 spiro atoms. The molecule has 1 saturated heterocycles. The van der Waals surface area contributed by atoms with E-state index >= 15 is 0 Å². The van der Waals surface area contributed by atoms with Crippen molar-refractivity contribution in [1.82, 2.24) is 10.2 Å². The monoisotopic (exact) mass is 858 g/mol. The van der Waals surface area contributed by atoms with Gasteiger partial charge in [-0.15, -0.1) is 0 Å². The van der Waals surface area contributed by atoms with E-state index in [1.165, 1.54) is 0 Å². The Labute approximate surface area is 328 Å². The maximum Gasteiger partial charge on any atom is 0.313 e. The van der Waals surface area contributed by atoms with Crippen molar-refractivity contribution >= 4 is 58.8 Å². The van der Waals surface area contributed by atoms with Crippen LogP contribution in [0.25, 0.3) is 0 Å². The smallest absolute Gasteiger partial charge is 0.313 e. The summed E-state index contributed by atoms with van der Waals surface area (Å²) in [6.45, 7) is 24.4. The van der Waals surface area contributed by atoms with Gasteiger partial charge in [0.2, 0.25) is 18.6 Å². The molecule has 0 bridgehead atoms. The van der Waals surface area contributed by atoms with Crippen molar-refractivity contribution in [2.75, 3.05) is 6.61 Å². The molecule has 2 rings (SSSR count). The van der Waals surface area contributed by atoms with E-state index in [1.807, 2.05) is 6.07 Å². The van der Waals surface area contributed by atoms with E-state index in [0.29, 0.717) is 12.0 Å². The number of halogens is 1. The number of esters is 4. The van der Waals surface area contributed by atoms with Gasteiger partial charge in [0.05, 0.1) is 27.6 Å². The summed E-state index contributed by atoms with van der Waals surface area (Å²) >= 11 is 2.08. The largest absolute Gasteiger partial charge is 0.465 e. The number of benzene rings is 1. The Morgan fingerprint density at radius 3 is 1.66 bits per heavy atom. The van der Waals surface area contributed by atoms with Crippen LogP contribution >= 0.6 is 22.6 Å². The van der Waals surface area contributed by atoms with E-state index in [-0.39, 0.29) is 0 Å². The minimum Gasteiger partial charge on any atom is -0.465 e. The molecule has 6 atom stereocenters. The summed E-state index contributed by atoms with van der Waals surface area (Å²) in [6.07, 6.45) is -6.08. The van der Waals surface area contributed by atoms with Crippen molar-refractivity contribution in [2.45, 2.75) is 140 Å². The summed E-state index contributed by atoms with van der Waals surface area (Å²) in [5, 5.41) is 2.92. The van der Waals surface area contributed by atoms with Crippen LogP contribution in [-0.2, 0) is 52.5 Å². The average Bonchev–Trinajstić information content (AvgIpc) is 2.97. The lowest BCUT2D eigenvalue weighted by Gasteiger charge is -2.49. The van der Waals surface area contributed by atoms with Gasteiger partial charge in [0.1, 0.15) is 12.6 Å². The number of carbonyl (C=O) groups is 6. The van der Waals surface area contributed by atoms with Gasteiger partial charge in [0, 0.05) is 9.11 Å². The highest BCUT2D eigenvalue weighted by molar-refractivity contribution is 14.1. The lowest BCUT2D eigenvalue weighted by Crippen LogP contribution is -2.66. The van der Waals surface area contributed by atoms with Crippen LogP contribution in [0.1, 0.15) is 115 Å². The number of hydrogen-bond donors (Lipinski definition) is 1. The zero-order chi connectivity index (χ0) is 41.1. The minimum atomic E-state index is -1.68. The SMILES string of the molecule is CC(C)(C)NC(=O)[C@H](c1cccc(I)c1)N(C=O)[C@@H]1O[C@H](OC(=O)C(C)(C)C)[C@H](COC(=O)C(C)(C)C)[C@H](OC(=O)C(C)(C)C)[C@H]1OC(=O)C(C)(C)C. The second-order valence-electron chi connectivity index (χ2n) is 18.6. The Bertz CT molecular complexity index is 1510. The standard InChI is InChI=1S/C39H59IN2O11/c1-35(2,3)31(45)49-20-24-26(50-32(46)36(4,5)6)27(51-33(47)37(7,8)9)29(52-30(24)53-34(48)38(10,11)12)42(21-43)25(28(44)41-39(13,14)15)22-17-16-18-23(40)19-22/h16-19,21,24-27,29-30H,20H2,1-15H3,(H,41,44)/t24-,25+,26+,27-,29-,30-/m1/s1. The third-order valence-corrected chi connectivity index (χ3v) is 8.51. The van der Waals surface area contributed by atoms with Crippen molar-refractivity contribution in [3.8, 4) is 0 Å². The fourth-order valence-electron chi connectivity index (χ4n) is 4.80. The van der Waals surface area contributed by atoms with Crippen LogP contribution in [0.2, 0.25) is 0 Å². The molecule has 2 amide bonds. The van der Waals surface area contributed by atoms with Crippen molar-refractivity contribution in [3.63, 3.8) is 0 Å². The molecule has 0 radical (unpaired) electrons. The highest BCUT2D eigenvalue weighted by atomic mass is 127. The quantitative estimate of drug-likeness (QED) is 0.125. The Morgan fingerprint density at radius 2 is 1.23 bits per heavy atom. The molecule has 1 aromatic rings. The fraction of sp³-hybridized carbons (Fsp3) is 0.692. The molecule has 53 heavy (non-hydrogen) atoms. The lowest BCUT2D eigenvalue weighted by molar-refractivity contribution is -0.312. The van der Waals surface area contributed by atoms with Crippen molar-refractivity contribution in [2.24, 2.45) is 27.6 Å². The van der Waals surface area contributed by atoms with Gasteiger partial charge in [-0.25, -0.2) is 0 Å². The van der Waals surface area contributed by atoms with Crippen LogP contribution < -0.4 is 5.32 Å². The molecule has 1 heterocycles. The molecule has 0 saturated carbocycles. The zero-order valence-corrected chi connectivity index (χ0v) is 36.0. The number of ether oxygens (including phenoxy) is 5. The second kappa shape index (κ2) is 17.0. The third kappa shape index (κ3) is 12.9. The highest BCUT2D eigenvalue weighted by Gasteiger charge is 2.57. The Kier molecular flexibility index (Phi) is 14.7. The molecule has 0 unspecified atom stereocenters. The molecule has 1 aliphatic rings. The first kappa shape index (κ1) is 45.9. The van der Waals surface area contributed by atoms with Crippen LogP contribution in [0.4, 0.5) is 0 Å². The lowest BCUT2D eigenvalue weighted by atomic mass is 9.89. The molecule has 1 aliphatic heterocycles.